The van der Waals surface area contributed by atoms with Crippen molar-refractivity contribution in [1.29, 1.82) is 0 Å². The van der Waals surface area contributed by atoms with E-state index in [9.17, 15) is 14.4 Å². The molecule has 2 rings (SSSR count). The number of piperidine rings is 1. The van der Waals surface area contributed by atoms with Crippen LogP contribution in [0.2, 0.25) is 0 Å². The number of carbonyl (C=O) groups is 3. The summed E-state index contributed by atoms with van der Waals surface area (Å²) < 4.78 is 5.23. The molecule has 7 nitrogen and oxygen atoms in total. The predicted octanol–water partition coefficient (Wildman–Crippen LogP) is 2.36. The highest BCUT2D eigenvalue weighted by atomic mass is 16.6. The number of carboxylic acids is 1. The second kappa shape index (κ2) is 9.22. The molecule has 1 aliphatic rings. The van der Waals surface area contributed by atoms with Crippen molar-refractivity contribution in [1.82, 2.24) is 9.80 Å². The molecule has 1 heterocycles. The van der Waals surface area contributed by atoms with Crippen LogP contribution < -0.4 is 0 Å². The minimum absolute atomic E-state index is 0.0687. The standard InChI is InChI=1S/C19H26N2O5/c1-14-8-10-21(11-9-14)18(24)16(12-17(22)23)20(2)19(25)26-13-15-6-4-3-5-7-15/h3-7,14,16H,8-13H2,1-2H3,(H,22,23). The normalized spacial score (nSPS) is 16.0. The molecule has 1 unspecified atom stereocenters. The molecule has 1 fully saturated rings. The lowest BCUT2D eigenvalue weighted by molar-refractivity contribution is -0.145. The maximum atomic E-state index is 12.8. The fraction of sp³-hybridized carbons (Fsp3) is 0.526. The Kier molecular flexibility index (Phi) is 7.00. The zero-order chi connectivity index (χ0) is 19.1. The third kappa shape index (κ3) is 5.47. The molecule has 1 aromatic rings. The fourth-order valence-corrected chi connectivity index (χ4v) is 2.94. The fourth-order valence-electron chi connectivity index (χ4n) is 2.94. The average molecular weight is 362 g/mol. The van der Waals surface area contributed by atoms with Crippen LogP contribution in [-0.4, -0.2) is 59.1 Å². The van der Waals surface area contributed by atoms with Gasteiger partial charge >= 0.3 is 12.1 Å². The van der Waals surface area contributed by atoms with Crippen molar-refractivity contribution in [3.05, 3.63) is 35.9 Å². The molecular formula is C19H26N2O5. The Morgan fingerprint density at radius 3 is 2.42 bits per heavy atom. The number of likely N-dealkylation sites (N-methyl/N-ethyl adjacent to an activating group) is 1. The molecule has 0 spiro atoms. The molecule has 0 aromatic heterocycles. The molecule has 2 amide bonds. The number of nitrogens with zero attached hydrogens (tertiary/aromatic N) is 2. The van der Waals surface area contributed by atoms with Crippen molar-refractivity contribution in [2.45, 2.75) is 38.8 Å². The largest absolute Gasteiger partial charge is 0.481 e. The third-order valence-corrected chi connectivity index (χ3v) is 4.71. The molecule has 7 heteroatoms. The maximum absolute atomic E-state index is 12.8. The number of ether oxygens (including phenoxy) is 1. The van der Waals surface area contributed by atoms with Gasteiger partial charge < -0.3 is 14.7 Å². The summed E-state index contributed by atoms with van der Waals surface area (Å²) in [7, 11) is 1.41. The summed E-state index contributed by atoms with van der Waals surface area (Å²) in [4.78, 5) is 39.0. The van der Waals surface area contributed by atoms with Gasteiger partial charge in [-0.1, -0.05) is 37.3 Å². The summed E-state index contributed by atoms with van der Waals surface area (Å²) in [5.41, 5.74) is 0.820. The van der Waals surface area contributed by atoms with E-state index in [1.54, 1.807) is 4.90 Å². The lowest BCUT2D eigenvalue weighted by Crippen LogP contribution is -2.52. The first kappa shape index (κ1) is 19.8. The highest BCUT2D eigenvalue weighted by Gasteiger charge is 2.34. The quantitative estimate of drug-likeness (QED) is 0.839. The van der Waals surface area contributed by atoms with Gasteiger partial charge in [-0.05, 0) is 24.3 Å². The van der Waals surface area contributed by atoms with Crippen LogP contribution in [0.1, 0.15) is 31.7 Å². The van der Waals surface area contributed by atoms with E-state index in [4.69, 9.17) is 9.84 Å². The van der Waals surface area contributed by atoms with Crippen molar-refractivity contribution in [2.24, 2.45) is 5.92 Å². The van der Waals surface area contributed by atoms with Crippen molar-refractivity contribution >= 4 is 18.0 Å². The van der Waals surface area contributed by atoms with E-state index in [0.717, 1.165) is 23.3 Å². The molecule has 0 saturated carbocycles. The van der Waals surface area contributed by atoms with Crippen molar-refractivity contribution in [3.8, 4) is 0 Å². The topological polar surface area (TPSA) is 87.2 Å². The first-order chi connectivity index (χ1) is 12.4. The summed E-state index contributed by atoms with van der Waals surface area (Å²) in [6.45, 7) is 3.37. The van der Waals surface area contributed by atoms with Crippen molar-refractivity contribution in [2.75, 3.05) is 20.1 Å². The summed E-state index contributed by atoms with van der Waals surface area (Å²) in [6.07, 6.45) is 0.613. The van der Waals surface area contributed by atoms with Gasteiger partial charge in [0.1, 0.15) is 12.6 Å². The highest BCUT2D eigenvalue weighted by molar-refractivity contribution is 5.89. The molecule has 26 heavy (non-hydrogen) atoms. The number of amides is 2. The van der Waals surface area contributed by atoms with Gasteiger partial charge in [0.2, 0.25) is 5.91 Å². The molecular weight excluding hydrogens is 336 g/mol. The number of hydrogen-bond donors (Lipinski definition) is 1. The van der Waals surface area contributed by atoms with E-state index in [-0.39, 0.29) is 12.5 Å². The van der Waals surface area contributed by atoms with E-state index >= 15 is 0 Å². The summed E-state index contributed by atoms with van der Waals surface area (Å²) in [5.74, 6) is -0.916. The molecule has 1 aromatic carbocycles. The summed E-state index contributed by atoms with van der Waals surface area (Å²) in [6, 6.07) is 8.11. The minimum atomic E-state index is -1.13. The van der Waals surface area contributed by atoms with Crippen LogP contribution >= 0.6 is 0 Å². The number of carboxylic acid groups (broad SMARTS) is 1. The molecule has 142 valence electrons. The Hall–Kier alpha value is -2.57. The van der Waals surface area contributed by atoms with E-state index in [0.29, 0.717) is 19.0 Å². The minimum Gasteiger partial charge on any atom is -0.481 e. The van der Waals surface area contributed by atoms with Gasteiger partial charge in [0.05, 0.1) is 6.42 Å². The van der Waals surface area contributed by atoms with Gasteiger partial charge in [0.25, 0.3) is 0 Å². The van der Waals surface area contributed by atoms with Gasteiger partial charge in [-0.2, -0.15) is 0 Å². The second-order valence-corrected chi connectivity index (χ2v) is 6.77. The van der Waals surface area contributed by atoms with Crippen LogP contribution in [0.15, 0.2) is 30.3 Å². The van der Waals surface area contributed by atoms with Gasteiger partial charge in [-0.25, -0.2) is 4.79 Å². The number of aliphatic carboxylic acids is 1. The Morgan fingerprint density at radius 2 is 1.85 bits per heavy atom. The third-order valence-electron chi connectivity index (χ3n) is 4.71. The van der Waals surface area contributed by atoms with Crippen molar-refractivity contribution in [3.63, 3.8) is 0 Å². The van der Waals surface area contributed by atoms with Crippen molar-refractivity contribution < 1.29 is 24.2 Å². The Bertz CT molecular complexity index is 626. The number of benzene rings is 1. The van der Waals surface area contributed by atoms with E-state index in [2.05, 4.69) is 6.92 Å². The number of carbonyl (C=O) groups excluding carboxylic acids is 2. The van der Waals surface area contributed by atoms with E-state index < -0.39 is 24.5 Å². The first-order valence-corrected chi connectivity index (χ1v) is 8.82. The second-order valence-electron chi connectivity index (χ2n) is 6.77. The van der Waals surface area contributed by atoms with E-state index in [1.807, 2.05) is 30.3 Å². The molecule has 1 saturated heterocycles. The molecule has 1 N–H and O–H groups in total. The Labute approximate surface area is 153 Å². The van der Waals surface area contributed by atoms with Gasteiger partial charge in [-0.3, -0.25) is 14.5 Å². The summed E-state index contributed by atoms with van der Waals surface area (Å²) >= 11 is 0. The van der Waals surface area contributed by atoms with E-state index in [1.165, 1.54) is 7.05 Å². The van der Waals surface area contributed by atoms with Crippen LogP contribution in [-0.2, 0) is 20.9 Å². The molecule has 1 atom stereocenters. The average Bonchev–Trinajstić information content (AvgIpc) is 2.64. The van der Waals surface area contributed by atoms with Crippen LogP contribution in [0.3, 0.4) is 0 Å². The van der Waals surface area contributed by atoms with Gasteiger partial charge in [0, 0.05) is 20.1 Å². The van der Waals surface area contributed by atoms with Crippen LogP contribution in [0, 0.1) is 5.92 Å². The summed E-state index contributed by atoms with van der Waals surface area (Å²) in [5, 5.41) is 9.16. The molecule has 0 bridgehead atoms. The smallest absolute Gasteiger partial charge is 0.410 e. The molecule has 1 aliphatic heterocycles. The number of hydrogen-bond acceptors (Lipinski definition) is 4. The lowest BCUT2D eigenvalue weighted by Gasteiger charge is -2.35. The monoisotopic (exact) mass is 362 g/mol. The lowest BCUT2D eigenvalue weighted by atomic mass is 9.98. The Balaban J connectivity index is 2.00. The van der Waals surface area contributed by atoms with Gasteiger partial charge in [0.15, 0.2) is 0 Å². The Morgan fingerprint density at radius 1 is 1.23 bits per heavy atom. The van der Waals surface area contributed by atoms with Crippen LogP contribution in [0.25, 0.3) is 0 Å². The maximum Gasteiger partial charge on any atom is 0.410 e. The predicted molar refractivity (Wildman–Crippen MR) is 95.4 cm³/mol. The molecule has 0 aliphatic carbocycles. The zero-order valence-electron chi connectivity index (χ0n) is 15.3. The SMILES string of the molecule is CC1CCN(C(=O)C(CC(=O)O)N(C)C(=O)OCc2ccccc2)CC1. The van der Waals surface area contributed by atoms with Gasteiger partial charge in [-0.15, -0.1) is 0 Å². The number of likely N-dealkylation sites (tertiary alicyclic amines) is 1. The zero-order valence-corrected chi connectivity index (χ0v) is 15.3. The van der Waals surface area contributed by atoms with Crippen LogP contribution in [0.5, 0.6) is 0 Å². The first-order valence-electron chi connectivity index (χ1n) is 8.82. The number of rotatable bonds is 6. The molecule has 0 radical (unpaired) electrons. The highest BCUT2D eigenvalue weighted by Crippen LogP contribution is 2.19. The van der Waals surface area contributed by atoms with Crippen LogP contribution in [0.4, 0.5) is 4.79 Å².